The Balaban J connectivity index is 1.97. The van der Waals surface area contributed by atoms with Crippen molar-refractivity contribution in [3.63, 3.8) is 0 Å². The van der Waals surface area contributed by atoms with Crippen molar-refractivity contribution in [3.8, 4) is 0 Å². The van der Waals surface area contributed by atoms with Gasteiger partial charge in [0.15, 0.2) is 8.68 Å². The van der Waals surface area contributed by atoms with E-state index in [9.17, 15) is 4.79 Å². The molecule has 0 fully saturated rings. The minimum atomic E-state index is -0.909. The summed E-state index contributed by atoms with van der Waals surface area (Å²) in [5.74, 6) is -0.171. The highest BCUT2D eigenvalue weighted by Crippen LogP contribution is 2.27. The average molecular weight is 284 g/mol. The standard InChI is InChI=1S/C10H8N2O2S3/c13-8(14)7-3-1-6(2-4-7)5-16-10-12-11-9(15)17-10/h1-4H,5H2,(H,11,15)(H,13,14). The minimum Gasteiger partial charge on any atom is -0.478 e. The van der Waals surface area contributed by atoms with Crippen LogP contribution in [-0.4, -0.2) is 21.3 Å². The molecule has 0 saturated heterocycles. The molecule has 1 aromatic carbocycles. The number of carboxylic acids is 1. The van der Waals surface area contributed by atoms with Crippen LogP contribution in [0.25, 0.3) is 0 Å². The largest absolute Gasteiger partial charge is 0.478 e. The normalized spacial score (nSPS) is 10.4. The van der Waals surface area contributed by atoms with Gasteiger partial charge in [-0.25, -0.2) is 4.79 Å². The molecule has 0 aliphatic heterocycles. The second kappa shape index (κ2) is 5.52. The molecule has 2 aromatic rings. The van der Waals surface area contributed by atoms with Crippen LogP contribution in [0.15, 0.2) is 32.9 Å². The molecule has 0 spiro atoms. The van der Waals surface area contributed by atoms with Crippen molar-refractivity contribution in [2.75, 3.05) is 0 Å². The number of aromatic carboxylic acids is 1. The lowest BCUT2D eigenvalue weighted by Crippen LogP contribution is -1.95. The highest BCUT2D eigenvalue weighted by Gasteiger charge is 2.04. The van der Waals surface area contributed by atoms with Gasteiger partial charge in [-0.1, -0.05) is 35.2 Å². The zero-order chi connectivity index (χ0) is 12.3. The zero-order valence-electron chi connectivity index (χ0n) is 8.53. The van der Waals surface area contributed by atoms with E-state index in [1.165, 1.54) is 11.3 Å². The van der Waals surface area contributed by atoms with Crippen molar-refractivity contribution >= 4 is 41.7 Å². The first-order valence-corrected chi connectivity index (χ1v) is 6.87. The van der Waals surface area contributed by atoms with E-state index in [-0.39, 0.29) is 0 Å². The van der Waals surface area contributed by atoms with E-state index in [4.69, 9.17) is 5.11 Å². The summed E-state index contributed by atoms with van der Waals surface area (Å²) >= 11 is 7.07. The summed E-state index contributed by atoms with van der Waals surface area (Å²) in [6.45, 7) is 0. The van der Waals surface area contributed by atoms with Crippen LogP contribution in [0.4, 0.5) is 0 Å². The van der Waals surface area contributed by atoms with Crippen LogP contribution in [0.1, 0.15) is 15.9 Å². The first-order chi connectivity index (χ1) is 8.15. The summed E-state index contributed by atoms with van der Waals surface area (Å²) in [5, 5.41) is 16.5. The average Bonchev–Trinajstić information content (AvgIpc) is 2.73. The number of hydrogen-bond acceptors (Lipinski definition) is 6. The third-order valence-corrected chi connectivity index (χ3v) is 4.25. The molecular formula is C10H8N2O2S3. The fourth-order valence-electron chi connectivity index (χ4n) is 1.15. The van der Waals surface area contributed by atoms with Gasteiger partial charge in [-0.05, 0) is 17.7 Å². The smallest absolute Gasteiger partial charge is 0.335 e. The fourth-order valence-corrected chi connectivity index (χ4v) is 3.19. The third kappa shape index (κ3) is 3.45. The van der Waals surface area contributed by atoms with Gasteiger partial charge in [0, 0.05) is 5.75 Å². The quantitative estimate of drug-likeness (QED) is 0.667. The van der Waals surface area contributed by atoms with Crippen LogP contribution in [0.5, 0.6) is 0 Å². The Kier molecular flexibility index (Phi) is 4.03. The number of hydrogen-bond donors (Lipinski definition) is 2. The maximum absolute atomic E-state index is 10.7. The number of carboxylic acid groups (broad SMARTS) is 1. The highest BCUT2D eigenvalue weighted by molar-refractivity contribution is 8.00. The topological polar surface area (TPSA) is 63.1 Å². The van der Waals surface area contributed by atoms with E-state index in [1.807, 2.05) is 0 Å². The summed E-state index contributed by atoms with van der Waals surface area (Å²) in [4.78, 5) is 10.7. The monoisotopic (exact) mass is 284 g/mol. The molecule has 7 heteroatoms. The number of thiol groups is 1. The van der Waals surface area contributed by atoms with E-state index in [0.29, 0.717) is 9.90 Å². The number of thioether (sulfide) groups is 1. The van der Waals surface area contributed by atoms with Crippen LogP contribution in [0, 0.1) is 0 Å². The van der Waals surface area contributed by atoms with Gasteiger partial charge in [-0.2, -0.15) is 0 Å². The van der Waals surface area contributed by atoms with Crippen molar-refractivity contribution < 1.29 is 9.90 Å². The summed E-state index contributed by atoms with van der Waals surface area (Å²) in [6.07, 6.45) is 0. The van der Waals surface area contributed by atoms with Gasteiger partial charge in [0.1, 0.15) is 0 Å². The maximum Gasteiger partial charge on any atom is 0.335 e. The molecular weight excluding hydrogens is 276 g/mol. The maximum atomic E-state index is 10.7. The van der Waals surface area contributed by atoms with Crippen molar-refractivity contribution in [2.24, 2.45) is 0 Å². The first-order valence-electron chi connectivity index (χ1n) is 4.62. The van der Waals surface area contributed by atoms with E-state index < -0.39 is 5.97 Å². The molecule has 0 aliphatic rings. The molecule has 0 amide bonds. The molecule has 0 saturated carbocycles. The molecule has 0 unspecified atom stereocenters. The molecule has 0 aliphatic carbocycles. The number of aromatic nitrogens is 2. The van der Waals surface area contributed by atoms with Gasteiger partial charge < -0.3 is 5.11 Å². The molecule has 0 radical (unpaired) electrons. The van der Waals surface area contributed by atoms with Crippen molar-refractivity contribution in [3.05, 3.63) is 35.4 Å². The Bertz CT molecular complexity index is 525. The van der Waals surface area contributed by atoms with Gasteiger partial charge in [0.2, 0.25) is 0 Å². The van der Waals surface area contributed by atoms with Crippen LogP contribution in [0.2, 0.25) is 0 Å². The molecule has 1 heterocycles. The second-order valence-electron chi connectivity index (χ2n) is 3.14. The van der Waals surface area contributed by atoms with Crippen LogP contribution >= 0.6 is 35.7 Å². The highest BCUT2D eigenvalue weighted by atomic mass is 32.2. The number of carbonyl (C=O) groups is 1. The molecule has 0 bridgehead atoms. The molecule has 17 heavy (non-hydrogen) atoms. The summed E-state index contributed by atoms with van der Waals surface area (Å²) in [6, 6.07) is 6.81. The predicted octanol–water partition coefficient (Wildman–Crippen LogP) is 2.82. The van der Waals surface area contributed by atoms with Gasteiger partial charge in [-0.3, -0.25) is 0 Å². The number of rotatable bonds is 4. The Hall–Kier alpha value is -1.05. The molecule has 4 nitrogen and oxygen atoms in total. The van der Waals surface area contributed by atoms with Crippen LogP contribution < -0.4 is 0 Å². The van der Waals surface area contributed by atoms with Crippen molar-refractivity contribution in [2.45, 2.75) is 14.4 Å². The molecule has 0 atom stereocenters. The van der Waals surface area contributed by atoms with Crippen LogP contribution in [0.3, 0.4) is 0 Å². The summed E-state index contributed by atoms with van der Waals surface area (Å²) in [5.41, 5.74) is 1.35. The minimum absolute atomic E-state index is 0.298. The van der Waals surface area contributed by atoms with E-state index in [2.05, 4.69) is 22.8 Å². The lowest BCUT2D eigenvalue weighted by molar-refractivity contribution is 0.0697. The Morgan fingerprint density at radius 1 is 1.35 bits per heavy atom. The number of benzene rings is 1. The molecule has 88 valence electrons. The SMILES string of the molecule is O=C(O)c1ccc(CSc2nnc(S)s2)cc1. The van der Waals surface area contributed by atoms with Gasteiger partial charge in [-0.15, -0.1) is 22.8 Å². The Morgan fingerprint density at radius 3 is 2.59 bits per heavy atom. The van der Waals surface area contributed by atoms with E-state index in [0.717, 1.165) is 15.7 Å². The first kappa shape index (κ1) is 12.4. The Labute approximate surface area is 112 Å². The second-order valence-corrected chi connectivity index (χ2v) is 6.07. The Morgan fingerprint density at radius 2 is 2.06 bits per heavy atom. The van der Waals surface area contributed by atoms with E-state index >= 15 is 0 Å². The predicted molar refractivity (Wildman–Crippen MR) is 70.1 cm³/mol. The number of nitrogens with zero attached hydrogens (tertiary/aromatic N) is 2. The van der Waals surface area contributed by atoms with Gasteiger partial charge in [0.05, 0.1) is 5.56 Å². The van der Waals surface area contributed by atoms with Crippen molar-refractivity contribution in [1.82, 2.24) is 10.2 Å². The molecule has 2 rings (SSSR count). The van der Waals surface area contributed by atoms with Crippen molar-refractivity contribution in [1.29, 1.82) is 0 Å². The lowest BCUT2D eigenvalue weighted by atomic mass is 10.1. The van der Waals surface area contributed by atoms with E-state index in [1.54, 1.807) is 36.0 Å². The summed E-state index contributed by atoms with van der Waals surface area (Å²) < 4.78 is 1.51. The fraction of sp³-hybridized carbons (Fsp3) is 0.100. The van der Waals surface area contributed by atoms with Gasteiger partial charge in [0.25, 0.3) is 0 Å². The van der Waals surface area contributed by atoms with Gasteiger partial charge >= 0.3 is 5.97 Å². The zero-order valence-corrected chi connectivity index (χ0v) is 11.1. The van der Waals surface area contributed by atoms with Crippen LogP contribution in [-0.2, 0) is 5.75 Å². The summed E-state index contributed by atoms with van der Waals surface area (Å²) in [7, 11) is 0. The molecule has 1 N–H and O–H groups in total. The molecule has 1 aromatic heterocycles. The lowest BCUT2D eigenvalue weighted by Gasteiger charge is -1.99. The third-order valence-electron chi connectivity index (χ3n) is 1.96.